The number of benzene rings is 1. The maximum absolute atomic E-state index is 4.56. The third-order valence-corrected chi connectivity index (χ3v) is 3.55. The molecule has 2 saturated heterocycles. The van der Waals surface area contributed by atoms with E-state index in [1.807, 2.05) is 0 Å². The molecule has 2 heterocycles. The van der Waals surface area contributed by atoms with E-state index in [0.29, 0.717) is 5.41 Å². The van der Waals surface area contributed by atoms with Crippen molar-refractivity contribution in [1.82, 2.24) is 5.32 Å². The molecule has 0 unspecified atom stereocenters. The minimum Gasteiger partial charge on any atom is -0.241 e. The first-order chi connectivity index (χ1) is 6.39. The number of rotatable bonds is 1. The Bertz CT molecular complexity index is 293. The van der Waals surface area contributed by atoms with Crippen molar-refractivity contribution in [2.75, 3.05) is 13.1 Å². The van der Waals surface area contributed by atoms with Gasteiger partial charge in [0, 0.05) is 18.5 Å². The lowest BCUT2D eigenvalue weighted by Crippen LogP contribution is -2.54. The van der Waals surface area contributed by atoms with Gasteiger partial charge in [0.25, 0.3) is 0 Å². The zero-order valence-corrected chi connectivity index (χ0v) is 7.74. The highest BCUT2D eigenvalue weighted by Gasteiger charge is 2.48. The highest BCUT2D eigenvalue weighted by atomic mass is 14.9. The molecule has 1 saturated carbocycles. The maximum atomic E-state index is 4.56. The van der Waals surface area contributed by atoms with Crippen LogP contribution in [-0.4, -0.2) is 13.1 Å². The number of nitrogens with zero attached hydrogens (tertiary/aromatic N) is 1. The smallest absolute Gasteiger partial charge is 0.0230 e. The number of piperidine rings is 2. The lowest BCUT2D eigenvalue weighted by atomic mass is 9.56. The fourth-order valence-electron chi connectivity index (χ4n) is 2.88. The van der Waals surface area contributed by atoms with Crippen LogP contribution >= 0.6 is 0 Å². The van der Waals surface area contributed by atoms with Gasteiger partial charge in [0.15, 0.2) is 0 Å². The summed E-state index contributed by atoms with van der Waals surface area (Å²) in [4.78, 5) is 0. The van der Waals surface area contributed by atoms with E-state index in [0.717, 1.165) is 19.0 Å². The first-order valence-corrected chi connectivity index (χ1v) is 5.08. The van der Waals surface area contributed by atoms with E-state index in [4.69, 9.17) is 0 Å². The van der Waals surface area contributed by atoms with Crippen molar-refractivity contribution in [3.63, 3.8) is 0 Å². The monoisotopic (exact) mass is 172 g/mol. The van der Waals surface area contributed by atoms with Gasteiger partial charge in [-0.3, -0.25) is 0 Å². The van der Waals surface area contributed by atoms with Crippen molar-refractivity contribution in [2.45, 2.75) is 18.3 Å². The molecule has 1 aromatic carbocycles. The Kier molecular flexibility index (Phi) is 1.50. The molecule has 1 aromatic rings. The minimum absolute atomic E-state index is 0.449. The van der Waals surface area contributed by atoms with Crippen molar-refractivity contribution in [2.24, 2.45) is 5.92 Å². The fraction of sp³-hybridized carbons (Fsp3) is 0.500. The van der Waals surface area contributed by atoms with Gasteiger partial charge in [0.2, 0.25) is 0 Å². The van der Waals surface area contributed by atoms with Gasteiger partial charge in [-0.05, 0) is 24.3 Å². The Morgan fingerprint density at radius 1 is 1.15 bits per heavy atom. The molecule has 1 heteroatoms. The fourth-order valence-corrected chi connectivity index (χ4v) is 2.88. The molecule has 3 fully saturated rings. The van der Waals surface area contributed by atoms with E-state index in [1.54, 1.807) is 0 Å². The highest BCUT2D eigenvalue weighted by Crippen LogP contribution is 2.49. The van der Waals surface area contributed by atoms with Crippen LogP contribution in [0.1, 0.15) is 18.4 Å². The second-order valence-corrected chi connectivity index (χ2v) is 4.48. The van der Waals surface area contributed by atoms with Crippen LogP contribution in [0.4, 0.5) is 0 Å². The van der Waals surface area contributed by atoms with Crippen LogP contribution in [0.25, 0.3) is 0 Å². The normalized spacial score (nSPS) is 36.8. The Morgan fingerprint density at radius 2 is 1.92 bits per heavy atom. The standard InChI is InChI=1S/C12H14N/c1-2-4-11(5-3-1)12-6-10(7-12)8-13-9-12/h1-5,10H,6-9H2. The molecule has 1 radical (unpaired) electrons. The Labute approximate surface area is 79.2 Å². The third kappa shape index (κ3) is 1.03. The molecule has 0 spiro atoms. The van der Waals surface area contributed by atoms with E-state index >= 15 is 0 Å². The molecule has 2 aliphatic heterocycles. The summed E-state index contributed by atoms with van der Waals surface area (Å²) < 4.78 is 0. The summed E-state index contributed by atoms with van der Waals surface area (Å²) in [6, 6.07) is 10.9. The third-order valence-electron chi connectivity index (χ3n) is 3.55. The summed E-state index contributed by atoms with van der Waals surface area (Å²) in [7, 11) is 0. The average molecular weight is 172 g/mol. The van der Waals surface area contributed by atoms with Crippen LogP contribution in [-0.2, 0) is 5.41 Å². The SMILES string of the molecule is c1ccc(C23C[N]CC(C2)C3)cc1. The summed E-state index contributed by atoms with van der Waals surface area (Å²) >= 11 is 0. The van der Waals surface area contributed by atoms with Crippen LogP contribution in [0.2, 0.25) is 0 Å². The van der Waals surface area contributed by atoms with Crippen LogP contribution in [0, 0.1) is 5.92 Å². The van der Waals surface area contributed by atoms with Crippen LogP contribution in [0.5, 0.6) is 0 Å². The van der Waals surface area contributed by atoms with Gasteiger partial charge in [-0.1, -0.05) is 30.3 Å². The summed E-state index contributed by atoms with van der Waals surface area (Å²) in [5.74, 6) is 0.897. The zero-order valence-electron chi connectivity index (χ0n) is 7.74. The molecule has 0 amide bonds. The molecule has 13 heavy (non-hydrogen) atoms. The van der Waals surface area contributed by atoms with Crippen LogP contribution in [0.15, 0.2) is 30.3 Å². The number of hydrogen-bond acceptors (Lipinski definition) is 0. The second kappa shape index (κ2) is 2.58. The van der Waals surface area contributed by atoms with E-state index in [-0.39, 0.29) is 0 Å². The van der Waals surface area contributed by atoms with Gasteiger partial charge in [0.05, 0.1) is 0 Å². The zero-order chi connectivity index (χ0) is 8.73. The molecule has 0 atom stereocenters. The summed E-state index contributed by atoms with van der Waals surface area (Å²) in [5, 5.41) is 4.56. The van der Waals surface area contributed by atoms with E-state index in [9.17, 15) is 0 Å². The van der Waals surface area contributed by atoms with Crippen molar-refractivity contribution in [1.29, 1.82) is 0 Å². The molecular formula is C12H14N. The maximum Gasteiger partial charge on any atom is 0.0230 e. The largest absolute Gasteiger partial charge is 0.241 e. The Morgan fingerprint density at radius 3 is 2.54 bits per heavy atom. The topological polar surface area (TPSA) is 14.1 Å². The van der Waals surface area contributed by atoms with Crippen molar-refractivity contribution in [3.8, 4) is 0 Å². The minimum atomic E-state index is 0.449. The number of fused-ring (bicyclic) bond motifs is 2. The first-order valence-electron chi connectivity index (χ1n) is 5.08. The van der Waals surface area contributed by atoms with Gasteiger partial charge in [-0.2, -0.15) is 0 Å². The summed E-state index contributed by atoms with van der Waals surface area (Å²) in [6.45, 7) is 2.18. The Balaban J connectivity index is 1.93. The quantitative estimate of drug-likeness (QED) is 0.614. The van der Waals surface area contributed by atoms with Gasteiger partial charge in [0.1, 0.15) is 0 Å². The molecule has 3 aliphatic rings. The van der Waals surface area contributed by atoms with Crippen LogP contribution < -0.4 is 5.32 Å². The lowest BCUT2D eigenvalue weighted by molar-refractivity contribution is 0.0873. The molecular weight excluding hydrogens is 158 g/mol. The molecule has 1 aliphatic carbocycles. The van der Waals surface area contributed by atoms with Gasteiger partial charge < -0.3 is 0 Å². The second-order valence-electron chi connectivity index (χ2n) is 4.48. The van der Waals surface area contributed by atoms with Crippen LogP contribution in [0.3, 0.4) is 0 Å². The van der Waals surface area contributed by atoms with E-state index in [2.05, 4.69) is 35.6 Å². The summed E-state index contributed by atoms with van der Waals surface area (Å²) in [6.07, 6.45) is 2.75. The molecule has 4 rings (SSSR count). The van der Waals surface area contributed by atoms with Crippen molar-refractivity contribution < 1.29 is 0 Å². The van der Waals surface area contributed by atoms with Crippen molar-refractivity contribution >= 4 is 0 Å². The Hall–Kier alpha value is -0.820. The molecule has 1 nitrogen and oxygen atoms in total. The molecule has 0 N–H and O–H groups in total. The highest BCUT2D eigenvalue weighted by molar-refractivity contribution is 5.30. The predicted octanol–water partition coefficient (Wildman–Crippen LogP) is 1.95. The first kappa shape index (κ1) is 7.57. The van der Waals surface area contributed by atoms with Gasteiger partial charge in [-0.15, -0.1) is 0 Å². The molecule has 0 aromatic heterocycles. The van der Waals surface area contributed by atoms with E-state index in [1.165, 1.54) is 18.4 Å². The van der Waals surface area contributed by atoms with Crippen molar-refractivity contribution in [3.05, 3.63) is 35.9 Å². The summed E-state index contributed by atoms with van der Waals surface area (Å²) in [5.41, 5.74) is 1.96. The van der Waals surface area contributed by atoms with Gasteiger partial charge >= 0.3 is 0 Å². The molecule has 2 bridgehead atoms. The molecule has 67 valence electrons. The average Bonchev–Trinajstić information content (AvgIpc) is 2.19. The van der Waals surface area contributed by atoms with Gasteiger partial charge in [-0.25, -0.2) is 5.32 Å². The lowest BCUT2D eigenvalue weighted by Gasteiger charge is -2.52. The predicted molar refractivity (Wildman–Crippen MR) is 52.7 cm³/mol. The van der Waals surface area contributed by atoms with E-state index < -0.39 is 0 Å². The number of hydrogen-bond donors (Lipinski definition) is 0.